The molecule has 0 aliphatic heterocycles. The molecule has 0 saturated carbocycles. The van der Waals surface area contributed by atoms with Crippen molar-refractivity contribution in [2.75, 3.05) is 5.32 Å². The van der Waals surface area contributed by atoms with E-state index in [1.54, 1.807) is 0 Å². The van der Waals surface area contributed by atoms with Gasteiger partial charge in [-0.15, -0.1) is 0 Å². The van der Waals surface area contributed by atoms with Crippen LogP contribution in [0.3, 0.4) is 0 Å². The van der Waals surface area contributed by atoms with Gasteiger partial charge in [0.25, 0.3) is 0 Å². The molecule has 0 radical (unpaired) electrons. The van der Waals surface area contributed by atoms with Crippen molar-refractivity contribution in [2.45, 2.75) is 32.2 Å². The van der Waals surface area contributed by atoms with E-state index in [1.165, 1.54) is 0 Å². The molecule has 3 N–H and O–H groups in total. The van der Waals surface area contributed by atoms with E-state index in [9.17, 15) is 9.59 Å². The van der Waals surface area contributed by atoms with E-state index in [1.807, 2.05) is 31.2 Å². The summed E-state index contributed by atoms with van der Waals surface area (Å²) in [5.41, 5.74) is 0.732. The Labute approximate surface area is 125 Å². The molecule has 1 unspecified atom stereocenters. The van der Waals surface area contributed by atoms with Crippen molar-refractivity contribution in [3.8, 4) is 0 Å². The Morgan fingerprint density at radius 2 is 1.95 bits per heavy atom. The Balaban J connectivity index is 2.30. The lowest BCUT2D eigenvalue weighted by Crippen LogP contribution is -2.36. The maximum absolute atomic E-state index is 11.7. The summed E-state index contributed by atoms with van der Waals surface area (Å²) in [5.74, 6) is -0.810. The third kappa shape index (κ3) is 7.00. The van der Waals surface area contributed by atoms with Gasteiger partial charge in [0.05, 0.1) is 0 Å². The Hall–Kier alpha value is -1.31. The van der Waals surface area contributed by atoms with Crippen LogP contribution in [0.1, 0.15) is 26.2 Å². The zero-order chi connectivity index (χ0) is 14.3. The first-order chi connectivity index (χ1) is 8.97. The van der Waals surface area contributed by atoms with Gasteiger partial charge in [0.1, 0.15) is 0 Å². The molecule has 0 fully saturated rings. The first-order valence-electron chi connectivity index (χ1n) is 6.02. The number of rotatable bonds is 6. The Morgan fingerprint density at radius 1 is 1.32 bits per heavy atom. The molecule has 2 amide bonds. The van der Waals surface area contributed by atoms with E-state index in [4.69, 9.17) is 5.11 Å². The number of carbonyl (C=O) groups is 2. The summed E-state index contributed by atoms with van der Waals surface area (Å²) < 4.78 is 1.10. The number of halogens is 1. The van der Waals surface area contributed by atoms with Crippen LogP contribution in [-0.2, 0) is 4.79 Å². The minimum atomic E-state index is -0.810. The molecule has 0 spiro atoms. The molecule has 0 aromatic heterocycles. The number of aliphatic carboxylic acids is 1. The summed E-state index contributed by atoms with van der Waals surface area (Å²) in [6.45, 7) is 1.86. The van der Waals surface area contributed by atoms with Crippen LogP contribution in [0, 0.1) is 3.57 Å². The second-order valence-electron chi connectivity index (χ2n) is 4.29. The van der Waals surface area contributed by atoms with Gasteiger partial charge in [-0.1, -0.05) is 0 Å². The fourth-order valence-corrected chi connectivity index (χ4v) is 1.92. The zero-order valence-corrected chi connectivity index (χ0v) is 12.8. The van der Waals surface area contributed by atoms with E-state index in [2.05, 4.69) is 33.2 Å². The van der Waals surface area contributed by atoms with Crippen LogP contribution in [0.4, 0.5) is 10.5 Å². The number of anilines is 1. The summed E-state index contributed by atoms with van der Waals surface area (Å²) in [6, 6.07) is 7.15. The molecule has 1 aromatic rings. The number of hydrogen-bond acceptors (Lipinski definition) is 2. The topological polar surface area (TPSA) is 78.4 Å². The highest BCUT2D eigenvalue weighted by atomic mass is 127. The van der Waals surface area contributed by atoms with Gasteiger partial charge in [-0.25, -0.2) is 4.79 Å². The monoisotopic (exact) mass is 376 g/mol. The molecule has 0 heterocycles. The molecule has 1 rings (SSSR count). The maximum atomic E-state index is 11.7. The van der Waals surface area contributed by atoms with Gasteiger partial charge < -0.3 is 15.7 Å². The maximum Gasteiger partial charge on any atom is 0.319 e. The molecule has 6 heteroatoms. The first kappa shape index (κ1) is 15.7. The van der Waals surface area contributed by atoms with Crippen molar-refractivity contribution < 1.29 is 14.7 Å². The van der Waals surface area contributed by atoms with Crippen LogP contribution in [-0.4, -0.2) is 23.1 Å². The molecule has 0 aliphatic carbocycles. The number of nitrogens with one attached hydrogen (secondary N) is 2. The van der Waals surface area contributed by atoms with Crippen LogP contribution in [0.15, 0.2) is 24.3 Å². The van der Waals surface area contributed by atoms with Gasteiger partial charge in [0.15, 0.2) is 0 Å². The normalized spacial score (nSPS) is 11.7. The number of carboxylic acid groups (broad SMARTS) is 1. The summed E-state index contributed by atoms with van der Waals surface area (Å²) >= 11 is 2.19. The molecule has 1 aromatic carbocycles. The second kappa shape index (κ2) is 7.98. The SMILES string of the molecule is CC(CCCC(=O)O)NC(=O)Nc1ccc(I)cc1. The zero-order valence-electron chi connectivity index (χ0n) is 10.6. The van der Waals surface area contributed by atoms with Crippen molar-refractivity contribution >= 4 is 40.3 Å². The lowest BCUT2D eigenvalue weighted by Gasteiger charge is -2.14. The highest BCUT2D eigenvalue weighted by Gasteiger charge is 2.08. The van der Waals surface area contributed by atoms with Crippen LogP contribution < -0.4 is 10.6 Å². The van der Waals surface area contributed by atoms with Crippen molar-refractivity contribution in [3.05, 3.63) is 27.8 Å². The van der Waals surface area contributed by atoms with Crippen LogP contribution in [0.2, 0.25) is 0 Å². The number of urea groups is 1. The van der Waals surface area contributed by atoms with E-state index >= 15 is 0 Å². The van der Waals surface area contributed by atoms with Gasteiger partial charge in [-0.2, -0.15) is 0 Å². The highest BCUT2D eigenvalue weighted by Crippen LogP contribution is 2.11. The number of amides is 2. The van der Waals surface area contributed by atoms with Gasteiger partial charge in [-0.3, -0.25) is 4.79 Å². The van der Waals surface area contributed by atoms with Gasteiger partial charge in [-0.05, 0) is 66.6 Å². The summed E-state index contributed by atoms with van der Waals surface area (Å²) in [6.07, 6.45) is 1.33. The van der Waals surface area contributed by atoms with Crippen molar-refractivity contribution in [1.82, 2.24) is 5.32 Å². The number of carbonyl (C=O) groups excluding carboxylic acids is 1. The summed E-state index contributed by atoms with van der Waals surface area (Å²) in [4.78, 5) is 22.0. The molecule has 0 bridgehead atoms. The number of benzene rings is 1. The van der Waals surface area contributed by atoms with E-state index < -0.39 is 5.97 Å². The van der Waals surface area contributed by atoms with Crippen molar-refractivity contribution in [2.24, 2.45) is 0 Å². The molecule has 1 atom stereocenters. The van der Waals surface area contributed by atoms with Gasteiger partial charge in [0.2, 0.25) is 0 Å². The molecule has 0 saturated heterocycles. The minimum Gasteiger partial charge on any atom is -0.481 e. The van der Waals surface area contributed by atoms with Crippen LogP contribution >= 0.6 is 22.6 Å². The average Bonchev–Trinajstić information content (AvgIpc) is 2.31. The quantitative estimate of drug-likeness (QED) is 0.668. The van der Waals surface area contributed by atoms with Crippen LogP contribution in [0.5, 0.6) is 0 Å². The number of carboxylic acids is 1. The molecule has 5 nitrogen and oxygen atoms in total. The third-order valence-electron chi connectivity index (χ3n) is 2.51. The second-order valence-corrected chi connectivity index (χ2v) is 5.54. The van der Waals surface area contributed by atoms with E-state index in [-0.39, 0.29) is 18.5 Å². The first-order valence-corrected chi connectivity index (χ1v) is 7.10. The molecule has 0 aliphatic rings. The van der Waals surface area contributed by atoms with Crippen molar-refractivity contribution in [3.63, 3.8) is 0 Å². The minimum absolute atomic E-state index is 0.0526. The highest BCUT2D eigenvalue weighted by molar-refractivity contribution is 14.1. The largest absolute Gasteiger partial charge is 0.481 e. The third-order valence-corrected chi connectivity index (χ3v) is 3.23. The molecule has 19 heavy (non-hydrogen) atoms. The summed E-state index contributed by atoms with van der Waals surface area (Å²) in [5, 5.41) is 14.0. The molecule has 104 valence electrons. The predicted molar refractivity (Wildman–Crippen MR) is 82.3 cm³/mol. The van der Waals surface area contributed by atoms with Crippen molar-refractivity contribution in [1.29, 1.82) is 0 Å². The number of hydrogen-bond donors (Lipinski definition) is 3. The predicted octanol–water partition coefficient (Wildman–Crippen LogP) is 3.06. The Morgan fingerprint density at radius 3 is 2.53 bits per heavy atom. The standard InChI is InChI=1S/C13H17IN2O3/c1-9(3-2-4-12(17)18)15-13(19)16-11-7-5-10(14)6-8-11/h5-9H,2-4H2,1H3,(H,17,18)(H2,15,16,19). The smallest absolute Gasteiger partial charge is 0.319 e. The fraction of sp³-hybridized carbons (Fsp3) is 0.385. The van der Waals surface area contributed by atoms with Gasteiger partial charge in [0, 0.05) is 21.7 Å². The fourth-order valence-electron chi connectivity index (χ4n) is 1.56. The average molecular weight is 376 g/mol. The Bertz CT molecular complexity index is 434. The lowest BCUT2D eigenvalue weighted by atomic mass is 10.1. The van der Waals surface area contributed by atoms with Crippen LogP contribution in [0.25, 0.3) is 0 Å². The molecular weight excluding hydrogens is 359 g/mol. The van der Waals surface area contributed by atoms with Gasteiger partial charge >= 0.3 is 12.0 Å². The van der Waals surface area contributed by atoms with E-state index in [0.717, 1.165) is 9.26 Å². The van der Waals surface area contributed by atoms with E-state index in [0.29, 0.717) is 12.8 Å². The molecular formula is C13H17IN2O3. The Kier molecular flexibility index (Phi) is 6.61. The summed E-state index contributed by atoms with van der Waals surface area (Å²) in [7, 11) is 0. The lowest BCUT2D eigenvalue weighted by molar-refractivity contribution is -0.137.